The van der Waals surface area contributed by atoms with Crippen molar-refractivity contribution in [2.24, 2.45) is 0 Å². The lowest BCUT2D eigenvalue weighted by Crippen LogP contribution is -2.38. The van der Waals surface area contributed by atoms with E-state index < -0.39 is 23.7 Å². The smallest absolute Gasteiger partial charge is 0.411 e. The summed E-state index contributed by atoms with van der Waals surface area (Å²) in [6, 6.07) is -1.10. The molecule has 1 aromatic heterocycles. The van der Waals surface area contributed by atoms with Crippen LogP contribution in [0.25, 0.3) is 0 Å². The van der Waals surface area contributed by atoms with Gasteiger partial charge in [0.05, 0.1) is 12.2 Å². The zero-order chi connectivity index (χ0) is 16.5. The fourth-order valence-corrected chi connectivity index (χ4v) is 2.34. The highest BCUT2D eigenvalue weighted by Gasteiger charge is 2.41. The maximum Gasteiger partial charge on any atom is 0.411 e. The lowest BCUT2D eigenvalue weighted by atomic mass is 10.1. The van der Waals surface area contributed by atoms with Gasteiger partial charge in [-0.3, -0.25) is 4.90 Å². The van der Waals surface area contributed by atoms with Crippen LogP contribution in [0.4, 0.5) is 4.79 Å². The molecule has 22 heavy (non-hydrogen) atoms. The van der Waals surface area contributed by atoms with Crippen molar-refractivity contribution in [1.82, 2.24) is 14.9 Å². The Balaban J connectivity index is 2.30. The first-order valence-electron chi connectivity index (χ1n) is 7.30. The van der Waals surface area contributed by atoms with Crippen molar-refractivity contribution in [3.05, 3.63) is 23.3 Å². The molecule has 1 unspecified atom stereocenters. The highest BCUT2D eigenvalue weighted by atomic mass is 16.6. The van der Waals surface area contributed by atoms with Crippen LogP contribution in [-0.2, 0) is 22.5 Å². The van der Waals surface area contributed by atoms with Gasteiger partial charge in [0, 0.05) is 18.2 Å². The Morgan fingerprint density at radius 3 is 2.68 bits per heavy atom. The summed E-state index contributed by atoms with van der Waals surface area (Å²) >= 11 is 0. The molecule has 0 spiro atoms. The van der Waals surface area contributed by atoms with E-state index in [-0.39, 0.29) is 6.54 Å². The second-order valence-electron chi connectivity index (χ2n) is 6.29. The molecule has 1 aliphatic heterocycles. The number of aryl methyl sites for hydroxylation is 1. The predicted octanol–water partition coefficient (Wildman–Crippen LogP) is 2.31. The molecule has 2 rings (SSSR count). The molecule has 0 bridgehead atoms. The SMILES string of the molecule is CCCc1ncc2c(n1)CN(C(=O)OC(C)(C)C)C2C(=O)O. The van der Waals surface area contributed by atoms with Gasteiger partial charge in [0.25, 0.3) is 0 Å². The summed E-state index contributed by atoms with van der Waals surface area (Å²) in [5.74, 6) is -0.451. The molecule has 1 aliphatic rings. The lowest BCUT2D eigenvalue weighted by molar-refractivity contribution is -0.143. The summed E-state index contributed by atoms with van der Waals surface area (Å²) in [5.41, 5.74) is 0.350. The molecule has 0 aliphatic carbocycles. The number of fused-ring (bicyclic) bond motifs is 1. The molecule has 1 N–H and O–H groups in total. The van der Waals surface area contributed by atoms with Gasteiger partial charge in [0.1, 0.15) is 11.4 Å². The van der Waals surface area contributed by atoms with E-state index in [9.17, 15) is 14.7 Å². The first-order valence-corrected chi connectivity index (χ1v) is 7.30. The second-order valence-corrected chi connectivity index (χ2v) is 6.29. The van der Waals surface area contributed by atoms with Crippen LogP contribution < -0.4 is 0 Å². The average molecular weight is 307 g/mol. The minimum absolute atomic E-state index is 0.125. The molecule has 1 atom stereocenters. The molecule has 0 aromatic carbocycles. The van der Waals surface area contributed by atoms with Gasteiger partial charge in [0.15, 0.2) is 6.04 Å². The van der Waals surface area contributed by atoms with E-state index in [1.54, 1.807) is 20.8 Å². The molecule has 0 saturated carbocycles. The zero-order valence-corrected chi connectivity index (χ0v) is 13.3. The van der Waals surface area contributed by atoms with Gasteiger partial charge in [-0.05, 0) is 27.2 Å². The number of ether oxygens (including phenoxy) is 1. The molecule has 0 fully saturated rings. The highest BCUT2D eigenvalue weighted by molar-refractivity contribution is 5.83. The normalized spacial score (nSPS) is 17.3. The molecular formula is C15H21N3O4. The van der Waals surface area contributed by atoms with Crippen molar-refractivity contribution >= 4 is 12.1 Å². The van der Waals surface area contributed by atoms with E-state index in [0.29, 0.717) is 17.1 Å². The predicted molar refractivity (Wildman–Crippen MR) is 78.2 cm³/mol. The standard InChI is InChI=1S/C15H21N3O4/c1-5-6-11-16-7-9-10(17-11)8-18(12(9)13(19)20)14(21)22-15(2,3)4/h7,12H,5-6,8H2,1-4H3,(H,19,20). The number of carbonyl (C=O) groups is 2. The van der Waals surface area contributed by atoms with E-state index >= 15 is 0 Å². The van der Waals surface area contributed by atoms with Crippen LogP contribution in [0.2, 0.25) is 0 Å². The second kappa shape index (κ2) is 5.90. The number of carbonyl (C=O) groups excluding carboxylic acids is 1. The molecule has 1 amide bonds. The van der Waals surface area contributed by atoms with Crippen molar-refractivity contribution in [2.75, 3.05) is 0 Å². The fraction of sp³-hybridized carbons (Fsp3) is 0.600. The van der Waals surface area contributed by atoms with Gasteiger partial charge >= 0.3 is 12.1 Å². The maximum absolute atomic E-state index is 12.2. The summed E-state index contributed by atoms with van der Waals surface area (Å²) in [4.78, 5) is 33.5. The minimum atomic E-state index is -1.11. The van der Waals surface area contributed by atoms with Gasteiger partial charge in [-0.15, -0.1) is 0 Å². The van der Waals surface area contributed by atoms with Crippen molar-refractivity contribution in [3.8, 4) is 0 Å². The van der Waals surface area contributed by atoms with Crippen molar-refractivity contribution in [3.63, 3.8) is 0 Å². The van der Waals surface area contributed by atoms with Crippen molar-refractivity contribution in [2.45, 2.75) is 58.7 Å². The molecule has 0 saturated heterocycles. The number of rotatable bonds is 3. The van der Waals surface area contributed by atoms with E-state index in [1.807, 2.05) is 6.92 Å². The molecule has 7 nitrogen and oxygen atoms in total. The summed E-state index contributed by atoms with van der Waals surface area (Å²) in [5, 5.41) is 9.45. The number of hydrogen-bond acceptors (Lipinski definition) is 5. The third kappa shape index (κ3) is 3.35. The van der Waals surface area contributed by atoms with Crippen LogP contribution in [0.15, 0.2) is 6.20 Å². The lowest BCUT2D eigenvalue weighted by Gasteiger charge is -2.26. The number of carboxylic acid groups (broad SMARTS) is 1. The summed E-state index contributed by atoms with van der Waals surface area (Å²) in [6.45, 7) is 7.36. The van der Waals surface area contributed by atoms with Crippen LogP contribution in [0.1, 0.15) is 57.2 Å². The van der Waals surface area contributed by atoms with E-state index in [0.717, 1.165) is 12.8 Å². The first-order chi connectivity index (χ1) is 10.2. The Kier molecular flexibility index (Phi) is 4.35. The van der Waals surface area contributed by atoms with E-state index in [1.165, 1.54) is 11.1 Å². The summed E-state index contributed by atoms with van der Waals surface area (Å²) in [7, 11) is 0. The van der Waals surface area contributed by atoms with Crippen molar-refractivity contribution < 1.29 is 19.4 Å². The Bertz CT molecular complexity index is 595. The molecule has 2 heterocycles. The molecule has 120 valence electrons. The Morgan fingerprint density at radius 1 is 1.45 bits per heavy atom. The van der Waals surface area contributed by atoms with Crippen molar-refractivity contribution in [1.29, 1.82) is 0 Å². The van der Waals surface area contributed by atoms with Gasteiger partial charge in [-0.2, -0.15) is 0 Å². The van der Waals surface area contributed by atoms with Crippen LogP contribution >= 0.6 is 0 Å². The Labute approximate surface area is 129 Å². The van der Waals surface area contributed by atoms with Crippen LogP contribution in [-0.4, -0.2) is 37.6 Å². The third-order valence-corrected chi connectivity index (χ3v) is 3.21. The molecule has 1 aromatic rings. The summed E-state index contributed by atoms with van der Waals surface area (Å²) < 4.78 is 5.29. The fourth-order valence-electron chi connectivity index (χ4n) is 2.34. The van der Waals surface area contributed by atoms with Gasteiger partial charge in [-0.1, -0.05) is 6.92 Å². The highest BCUT2D eigenvalue weighted by Crippen LogP contribution is 2.33. The molecule has 0 radical (unpaired) electrons. The summed E-state index contributed by atoms with van der Waals surface area (Å²) in [6.07, 6.45) is 2.47. The van der Waals surface area contributed by atoms with E-state index in [2.05, 4.69) is 9.97 Å². The monoisotopic (exact) mass is 307 g/mol. The number of nitrogens with zero attached hydrogens (tertiary/aromatic N) is 3. The Morgan fingerprint density at radius 2 is 2.14 bits per heavy atom. The van der Waals surface area contributed by atoms with E-state index in [4.69, 9.17) is 4.74 Å². The van der Waals surface area contributed by atoms with Gasteiger partial charge in [-0.25, -0.2) is 19.6 Å². The first kappa shape index (κ1) is 16.2. The number of aromatic nitrogens is 2. The average Bonchev–Trinajstić information content (AvgIpc) is 2.75. The number of hydrogen-bond donors (Lipinski definition) is 1. The maximum atomic E-state index is 12.2. The van der Waals surface area contributed by atoms with Crippen LogP contribution in [0.5, 0.6) is 0 Å². The van der Waals surface area contributed by atoms with Crippen LogP contribution in [0, 0.1) is 0 Å². The van der Waals surface area contributed by atoms with Gasteiger partial charge in [0.2, 0.25) is 0 Å². The topological polar surface area (TPSA) is 92.6 Å². The molecular weight excluding hydrogens is 286 g/mol. The molecule has 7 heteroatoms. The zero-order valence-electron chi connectivity index (χ0n) is 13.3. The quantitative estimate of drug-likeness (QED) is 0.921. The number of aliphatic carboxylic acids is 1. The van der Waals surface area contributed by atoms with Crippen LogP contribution in [0.3, 0.4) is 0 Å². The number of amides is 1. The Hall–Kier alpha value is -2.18. The largest absolute Gasteiger partial charge is 0.479 e. The van der Waals surface area contributed by atoms with Gasteiger partial charge < -0.3 is 9.84 Å². The minimum Gasteiger partial charge on any atom is -0.479 e. The third-order valence-electron chi connectivity index (χ3n) is 3.21. The number of carboxylic acids is 1.